The number of halogens is 4. The van der Waals surface area contributed by atoms with Gasteiger partial charge in [0.2, 0.25) is 0 Å². The van der Waals surface area contributed by atoms with Gasteiger partial charge >= 0.3 is 12.3 Å². The molecule has 0 bridgehead atoms. The van der Waals surface area contributed by atoms with E-state index >= 15 is 0 Å². The summed E-state index contributed by atoms with van der Waals surface area (Å²) in [6.07, 6.45) is 2.65. The van der Waals surface area contributed by atoms with Crippen LogP contribution in [0.25, 0.3) is 0 Å². The molecule has 0 heterocycles. The van der Waals surface area contributed by atoms with Crippen LogP contribution in [0.5, 0.6) is 0 Å². The molecule has 0 aromatic heterocycles. The van der Waals surface area contributed by atoms with Crippen LogP contribution in [0.1, 0.15) is 45.4 Å². The second kappa shape index (κ2) is 7.12. The lowest BCUT2D eigenvalue weighted by molar-refractivity contribution is -0.143. The molecule has 1 nitrogen and oxygen atoms in total. The van der Waals surface area contributed by atoms with Crippen molar-refractivity contribution in [3.63, 3.8) is 0 Å². The SMILES string of the molecule is CCCNC(C1=CCCCCC1)C(F)(F)C(F)F. The molecule has 0 aromatic carbocycles. The zero-order chi connectivity index (χ0) is 13.6. The first-order chi connectivity index (χ1) is 8.50. The fraction of sp³-hybridized carbons (Fsp3) is 0.846. The molecule has 0 spiro atoms. The van der Waals surface area contributed by atoms with Crippen molar-refractivity contribution in [1.29, 1.82) is 0 Å². The van der Waals surface area contributed by atoms with E-state index in [-0.39, 0.29) is 0 Å². The Hall–Kier alpha value is -0.580. The summed E-state index contributed by atoms with van der Waals surface area (Å²) in [6, 6.07) is -1.52. The van der Waals surface area contributed by atoms with Crippen LogP contribution in [0.3, 0.4) is 0 Å². The van der Waals surface area contributed by atoms with Gasteiger partial charge in [0.15, 0.2) is 0 Å². The second-order valence-electron chi connectivity index (χ2n) is 4.74. The van der Waals surface area contributed by atoms with Crippen LogP contribution in [0.15, 0.2) is 11.6 Å². The van der Waals surface area contributed by atoms with Crippen LogP contribution < -0.4 is 5.32 Å². The van der Waals surface area contributed by atoms with E-state index in [0.29, 0.717) is 31.4 Å². The minimum absolute atomic E-state index is 0.324. The summed E-state index contributed by atoms with van der Waals surface area (Å²) in [5.41, 5.74) is 0.450. The van der Waals surface area contributed by atoms with Crippen LogP contribution in [0.4, 0.5) is 17.6 Å². The smallest absolute Gasteiger partial charge is 0.305 e. The van der Waals surface area contributed by atoms with E-state index in [1.54, 1.807) is 6.08 Å². The van der Waals surface area contributed by atoms with Crippen LogP contribution in [-0.4, -0.2) is 24.9 Å². The van der Waals surface area contributed by atoms with Crippen molar-refractivity contribution in [2.24, 2.45) is 0 Å². The van der Waals surface area contributed by atoms with Gasteiger partial charge in [-0.2, -0.15) is 8.78 Å². The van der Waals surface area contributed by atoms with E-state index in [4.69, 9.17) is 0 Å². The highest BCUT2D eigenvalue weighted by Gasteiger charge is 2.49. The third-order valence-corrected chi connectivity index (χ3v) is 3.22. The van der Waals surface area contributed by atoms with Gasteiger partial charge in [-0.05, 0) is 38.6 Å². The Kier molecular flexibility index (Phi) is 6.12. The van der Waals surface area contributed by atoms with Crippen LogP contribution >= 0.6 is 0 Å². The van der Waals surface area contributed by atoms with E-state index in [1.807, 2.05) is 6.92 Å². The molecule has 0 radical (unpaired) electrons. The third-order valence-electron chi connectivity index (χ3n) is 3.22. The summed E-state index contributed by atoms with van der Waals surface area (Å²) >= 11 is 0. The van der Waals surface area contributed by atoms with Gasteiger partial charge in [0, 0.05) is 0 Å². The molecule has 0 aliphatic heterocycles. The Bertz CT molecular complexity index is 276. The third kappa shape index (κ3) is 3.97. The minimum atomic E-state index is -3.99. The quantitative estimate of drug-likeness (QED) is 0.563. The lowest BCUT2D eigenvalue weighted by Gasteiger charge is -2.29. The summed E-state index contributed by atoms with van der Waals surface area (Å²) in [5.74, 6) is -3.99. The molecule has 0 aromatic rings. The summed E-state index contributed by atoms with van der Waals surface area (Å²) in [7, 11) is 0. The molecule has 1 rings (SSSR count). The molecule has 1 atom stereocenters. The van der Waals surface area contributed by atoms with Gasteiger partial charge in [-0.25, -0.2) is 8.78 Å². The molecule has 1 unspecified atom stereocenters. The lowest BCUT2D eigenvalue weighted by atomic mass is 9.96. The molecule has 1 N–H and O–H groups in total. The van der Waals surface area contributed by atoms with E-state index in [0.717, 1.165) is 19.3 Å². The predicted octanol–water partition coefficient (Wildman–Crippen LogP) is 4.15. The fourth-order valence-electron chi connectivity index (χ4n) is 2.23. The molecule has 0 amide bonds. The fourth-order valence-corrected chi connectivity index (χ4v) is 2.23. The monoisotopic (exact) mass is 267 g/mol. The van der Waals surface area contributed by atoms with Crippen molar-refractivity contribution in [1.82, 2.24) is 5.32 Å². The van der Waals surface area contributed by atoms with Crippen LogP contribution in [0, 0.1) is 0 Å². The van der Waals surface area contributed by atoms with Gasteiger partial charge in [0.25, 0.3) is 0 Å². The molecule has 1 aliphatic rings. The highest BCUT2D eigenvalue weighted by atomic mass is 19.3. The Labute approximate surface area is 106 Å². The van der Waals surface area contributed by atoms with Gasteiger partial charge in [-0.3, -0.25) is 0 Å². The van der Waals surface area contributed by atoms with Crippen molar-refractivity contribution < 1.29 is 17.6 Å². The van der Waals surface area contributed by atoms with Crippen molar-refractivity contribution in [3.05, 3.63) is 11.6 Å². The summed E-state index contributed by atoms with van der Waals surface area (Å²) in [4.78, 5) is 0. The average molecular weight is 267 g/mol. The normalized spacial score (nSPS) is 19.6. The largest absolute Gasteiger partial charge is 0.326 e. The highest BCUT2D eigenvalue weighted by Crippen LogP contribution is 2.34. The molecular formula is C13H21F4N. The van der Waals surface area contributed by atoms with E-state index in [9.17, 15) is 17.6 Å². The van der Waals surface area contributed by atoms with Gasteiger partial charge in [-0.15, -0.1) is 0 Å². The standard InChI is InChI=1S/C13H21F4N/c1-2-9-18-11(13(16,17)12(14)15)10-7-5-3-4-6-8-10/h7,11-12,18H,2-6,8-9H2,1H3. The number of hydrogen-bond acceptors (Lipinski definition) is 1. The van der Waals surface area contributed by atoms with Crippen LogP contribution in [-0.2, 0) is 0 Å². The molecule has 5 heteroatoms. The summed E-state index contributed by atoms with van der Waals surface area (Å²) < 4.78 is 52.3. The Balaban J connectivity index is 2.85. The average Bonchev–Trinajstić information content (AvgIpc) is 2.58. The molecule has 0 fully saturated rings. The molecule has 0 saturated heterocycles. The Morgan fingerprint density at radius 1 is 1.28 bits per heavy atom. The Morgan fingerprint density at radius 2 is 2.00 bits per heavy atom. The first-order valence-corrected chi connectivity index (χ1v) is 6.58. The molecule has 106 valence electrons. The van der Waals surface area contributed by atoms with Gasteiger partial charge in [-0.1, -0.05) is 25.0 Å². The van der Waals surface area contributed by atoms with E-state index in [2.05, 4.69) is 5.32 Å². The molecule has 18 heavy (non-hydrogen) atoms. The van der Waals surface area contributed by atoms with Crippen molar-refractivity contribution >= 4 is 0 Å². The minimum Gasteiger partial charge on any atom is -0.305 e. The van der Waals surface area contributed by atoms with Gasteiger partial charge < -0.3 is 5.32 Å². The second-order valence-corrected chi connectivity index (χ2v) is 4.74. The maximum absolute atomic E-state index is 13.6. The number of rotatable bonds is 6. The topological polar surface area (TPSA) is 12.0 Å². The zero-order valence-electron chi connectivity index (χ0n) is 10.7. The first-order valence-electron chi connectivity index (χ1n) is 6.58. The zero-order valence-corrected chi connectivity index (χ0v) is 10.7. The maximum atomic E-state index is 13.6. The first kappa shape index (κ1) is 15.5. The summed E-state index contributed by atoms with van der Waals surface area (Å²) in [5, 5.41) is 2.59. The van der Waals surface area contributed by atoms with Crippen molar-refractivity contribution in [2.45, 2.75) is 63.8 Å². The number of nitrogens with one attached hydrogen (secondary N) is 1. The number of hydrogen-bond donors (Lipinski definition) is 1. The molecular weight excluding hydrogens is 246 g/mol. The predicted molar refractivity (Wildman–Crippen MR) is 64.2 cm³/mol. The number of allylic oxidation sites excluding steroid dienone is 1. The Morgan fingerprint density at radius 3 is 2.61 bits per heavy atom. The van der Waals surface area contributed by atoms with Crippen LogP contribution in [0.2, 0.25) is 0 Å². The van der Waals surface area contributed by atoms with Gasteiger partial charge in [0.1, 0.15) is 0 Å². The van der Waals surface area contributed by atoms with E-state index in [1.165, 1.54) is 0 Å². The van der Waals surface area contributed by atoms with E-state index < -0.39 is 18.4 Å². The highest BCUT2D eigenvalue weighted by molar-refractivity contribution is 5.17. The lowest BCUT2D eigenvalue weighted by Crippen LogP contribution is -2.50. The number of alkyl halides is 4. The molecule has 0 saturated carbocycles. The van der Waals surface area contributed by atoms with Gasteiger partial charge in [0.05, 0.1) is 6.04 Å². The molecule has 1 aliphatic carbocycles. The van der Waals surface area contributed by atoms with Crippen molar-refractivity contribution in [3.8, 4) is 0 Å². The summed E-state index contributed by atoms with van der Waals surface area (Å²) in [6.45, 7) is 2.15. The maximum Gasteiger partial charge on any atom is 0.326 e. The van der Waals surface area contributed by atoms with Crippen molar-refractivity contribution in [2.75, 3.05) is 6.54 Å².